The second kappa shape index (κ2) is 5.64. The number of benzene rings is 1. The molecule has 0 N–H and O–H groups in total. The van der Waals surface area contributed by atoms with Gasteiger partial charge in [-0.05, 0) is 24.5 Å². The maximum Gasteiger partial charge on any atom is 0.358 e. The highest BCUT2D eigenvalue weighted by Crippen LogP contribution is 2.30. The number of hydrogen-bond acceptors (Lipinski definition) is 6. The molecule has 7 heteroatoms. The monoisotopic (exact) mass is 323 g/mol. The van der Waals surface area contributed by atoms with Gasteiger partial charge in [-0.1, -0.05) is 36.7 Å². The Labute approximate surface area is 129 Å². The smallest absolute Gasteiger partial charge is 0.292 e. The standard InChI is InChI=1S/C15H17NO5S/c1-10-4-6-11(7-5-10)22(19,20)21-16-14-12(17)8-15(2,3)9-13(14)18/h4-7H,8-9H2,1-3H3. The van der Waals surface area contributed by atoms with Crippen molar-refractivity contribution in [1.29, 1.82) is 0 Å². The van der Waals surface area contributed by atoms with Gasteiger partial charge in [0.2, 0.25) is 0 Å². The average molecular weight is 323 g/mol. The molecule has 6 nitrogen and oxygen atoms in total. The number of Topliss-reactive ketones (excluding diaryl/α,β-unsaturated/α-hetero) is 2. The minimum Gasteiger partial charge on any atom is -0.292 e. The van der Waals surface area contributed by atoms with Crippen LogP contribution in [0.15, 0.2) is 34.3 Å². The van der Waals surface area contributed by atoms with E-state index in [2.05, 4.69) is 9.44 Å². The molecule has 0 bridgehead atoms. The number of ketones is 2. The zero-order valence-corrected chi connectivity index (χ0v) is 13.4. The van der Waals surface area contributed by atoms with Crippen molar-refractivity contribution in [3.63, 3.8) is 0 Å². The molecule has 0 amide bonds. The Balaban J connectivity index is 2.22. The van der Waals surface area contributed by atoms with Crippen LogP contribution in [0, 0.1) is 12.3 Å². The number of rotatable bonds is 3. The SMILES string of the molecule is Cc1ccc(S(=O)(=O)ON=C2C(=O)CC(C)(C)CC2=O)cc1. The van der Waals surface area contributed by atoms with E-state index in [4.69, 9.17) is 0 Å². The molecule has 118 valence electrons. The van der Waals surface area contributed by atoms with Gasteiger partial charge in [0.05, 0.1) is 0 Å². The Morgan fingerprint density at radius 1 is 1.05 bits per heavy atom. The molecule has 22 heavy (non-hydrogen) atoms. The lowest BCUT2D eigenvalue weighted by molar-refractivity contribution is -0.122. The van der Waals surface area contributed by atoms with Gasteiger partial charge >= 0.3 is 10.1 Å². The molecule has 1 aromatic carbocycles. The number of nitrogens with zero attached hydrogens (tertiary/aromatic N) is 1. The average Bonchev–Trinajstić information content (AvgIpc) is 2.36. The quantitative estimate of drug-likeness (QED) is 0.794. The van der Waals surface area contributed by atoms with Crippen molar-refractivity contribution in [2.24, 2.45) is 10.6 Å². The van der Waals surface area contributed by atoms with Crippen molar-refractivity contribution in [2.45, 2.75) is 38.5 Å². The highest BCUT2D eigenvalue weighted by molar-refractivity contribution is 7.86. The first-order valence-corrected chi connectivity index (χ1v) is 8.16. The van der Waals surface area contributed by atoms with Crippen LogP contribution in [0.25, 0.3) is 0 Å². The van der Waals surface area contributed by atoms with Gasteiger partial charge in [-0.3, -0.25) is 13.9 Å². The van der Waals surface area contributed by atoms with Crippen LogP contribution in [0.1, 0.15) is 32.3 Å². The fourth-order valence-corrected chi connectivity index (χ4v) is 2.92. The van der Waals surface area contributed by atoms with Crippen LogP contribution in [-0.2, 0) is 24.0 Å². The summed E-state index contributed by atoms with van der Waals surface area (Å²) in [4.78, 5) is 23.7. The van der Waals surface area contributed by atoms with Crippen LogP contribution in [0.4, 0.5) is 0 Å². The molecule has 0 heterocycles. The third-order valence-electron chi connectivity index (χ3n) is 3.34. The molecule has 1 fully saturated rings. The summed E-state index contributed by atoms with van der Waals surface area (Å²) >= 11 is 0. The van der Waals surface area contributed by atoms with E-state index in [1.54, 1.807) is 26.0 Å². The van der Waals surface area contributed by atoms with Crippen molar-refractivity contribution in [1.82, 2.24) is 0 Å². The molecular formula is C15H17NO5S. The zero-order valence-electron chi connectivity index (χ0n) is 12.6. The molecule has 0 atom stereocenters. The number of aryl methyl sites for hydroxylation is 1. The van der Waals surface area contributed by atoms with E-state index >= 15 is 0 Å². The van der Waals surface area contributed by atoms with Crippen LogP contribution >= 0.6 is 0 Å². The molecule has 1 aliphatic carbocycles. The Bertz CT molecular complexity index is 723. The molecular weight excluding hydrogens is 306 g/mol. The highest BCUT2D eigenvalue weighted by atomic mass is 32.2. The van der Waals surface area contributed by atoms with Gasteiger partial charge in [0.1, 0.15) is 4.90 Å². The third-order valence-corrected chi connectivity index (χ3v) is 4.46. The number of carbonyl (C=O) groups excluding carboxylic acids is 2. The molecule has 0 aliphatic heterocycles. The summed E-state index contributed by atoms with van der Waals surface area (Å²) in [5.41, 5.74) is 0.0170. The summed E-state index contributed by atoms with van der Waals surface area (Å²) < 4.78 is 28.5. The summed E-state index contributed by atoms with van der Waals surface area (Å²) in [5, 5.41) is 3.31. The number of hydrogen-bond donors (Lipinski definition) is 0. The molecule has 0 unspecified atom stereocenters. The second-order valence-electron chi connectivity index (χ2n) is 6.15. The molecule has 0 aromatic heterocycles. The van der Waals surface area contributed by atoms with Gasteiger partial charge in [0.15, 0.2) is 17.3 Å². The summed E-state index contributed by atoms with van der Waals surface area (Å²) in [6.07, 6.45) is 0.261. The molecule has 2 rings (SSSR count). The minimum absolute atomic E-state index is 0.0847. The van der Waals surface area contributed by atoms with E-state index in [9.17, 15) is 18.0 Å². The Hall–Kier alpha value is -2.02. The van der Waals surface area contributed by atoms with E-state index in [0.29, 0.717) is 0 Å². The topological polar surface area (TPSA) is 89.9 Å². The van der Waals surface area contributed by atoms with E-state index in [-0.39, 0.29) is 17.7 Å². The molecule has 1 aliphatic rings. The Morgan fingerprint density at radius 2 is 1.55 bits per heavy atom. The van der Waals surface area contributed by atoms with Crippen LogP contribution < -0.4 is 0 Å². The summed E-state index contributed by atoms with van der Waals surface area (Å²) in [7, 11) is -4.14. The van der Waals surface area contributed by atoms with Crippen molar-refractivity contribution >= 4 is 27.4 Å². The first-order valence-electron chi connectivity index (χ1n) is 6.75. The van der Waals surface area contributed by atoms with Gasteiger partial charge < -0.3 is 0 Å². The van der Waals surface area contributed by atoms with Crippen LogP contribution in [0.2, 0.25) is 0 Å². The van der Waals surface area contributed by atoms with Crippen molar-refractivity contribution in [2.75, 3.05) is 0 Å². The van der Waals surface area contributed by atoms with Crippen LogP contribution in [0.5, 0.6) is 0 Å². The summed E-state index contributed by atoms with van der Waals surface area (Å²) in [6.45, 7) is 5.41. The van der Waals surface area contributed by atoms with E-state index < -0.39 is 32.8 Å². The predicted molar refractivity (Wildman–Crippen MR) is 79.9 cm³/mol. The lowest BCUT2D eigenvalue weighted by Crippen LogP contribution is -2.38. The van der Waals surface area contributed by atoms with E-state index in [0.717, 1.165) is 5.56 Å². The Morgan fingerprint density at radius 3 is 2.05 bits per heavy atom. The Kier molecular flexibility index (Phi) is 4.19. The molecule has 0 saturated heterocycles. The van der Waals surface area contributed by atoms with Gasteiger partial charge in [-0.15, -0.1) is 0 Å². The number of oxime groups is 1. The molecule has 0 radical (unpaired) electrons. The normalized spacial score (nSPS) is 18.2. The second-order valence-corrected chi connectivity index (χ2v) is 7.67. The van der Waals surface area contributed by atoms with Crippen LogP contribution in [0.3, 0.4) is 0 Å². The summed E-state index contributed by atoms with van der Waals surface area (Å²) in [5.74, 6) is -0.999. The number of carbonyl (C=O) groups is 2. The van der Waals surface area contributed by atoms with Crippen molar-refractivity contribution < 1.29 is 22.3 Å². The first-order chi connectivity index (χ1) is 10.1. The van der Waals surface area contributed by atoms with Gasteiger partial charge in [-0.2, -0.15) is 8.42 Å². The minimum atomic E-state index is -4.14. The fraction of sp³-hybridized carbons (Fsp3) is 0.400. The van der Waals surface area contributed by atoms with Crippen molar-refractivity contribution in [3.05, 3.63) is 29.8 Å². The molecule has 1 saturated carbocycles. The maximum atomic E-state index is 12.0. The lowest BCUT2D eigenvalue weighted by atomic mass is 9.75. The predicted octanol–water partition coefficient (Wildman–Crippen LogP) is 2.01. The fourth-order valence-electron chi connectivity index (χ4n) is 2.19. The first kappa shape index (κ1) is 16.4. The van der Waals surface area contributed by atoms with E-state index in [1.807, 2.05) is 6.92 Å². The van der Waals surface area contributed by atoms with Gasteiger partial charge in [-0.25, -0.2) is 0 Å². The highest BCUT2D eigenvalue weighted by Gasteiger charge is 2.37. The molecule has 1 aromatic rings. The maximum absolute atomic E-state index is 12.0. The zero-order chi connectivity index (χ0) is 16.5. The van der Waals surface area contributed by atoms with Crippen LogP contribution in [-0.4, -0.2) is 25.7 Å². The molecule has 0 spiro atoms. The third kappa shape index (κ3) is 3.59. The van der Waals surface area contributed by atoms with Gasteiger partial charge in [0.25, 0.3) is 0 Å². The van der Waals surface area contributed by atoms with Crippen molar-refractivity contribution in [3.8, 4) is 0 Å². The summed E-state index contributed by atoms with van der Waals surface area (Å²) in [6, 6.07) is 5.97. The van der Waals surface area contributed by atoms with Gasteiger partial charge in [0, 0.05) is 12.8 Å². The van der Waals surface area contributed by atoms with E-state index in [1.165, 1.54) is 12.1 Å². The largest absolute Gasteiger partial charge is 0.358 e. The lowest BCUT2D eigenvalue weighted by Gasteiger charge is -2.27.